The van der Waals surface area contributed by atoms with Crippen molar-refractivity contribution < 1.29 is 14.4 Å². The highest BCUT2D eigenvalue weighted by Gasteiger charge is 2.28. The molecule has 3 heteroatoms. The normalized spacial score (nSPS) is 13.5. The topological polar surface area (TPSA) is 51.2 Å². The molecule has 0 amide bonds. The van der Waals surface area contributed by atoms with Gasteiger partial charge in [-0.1, -0.05) is 130 Å². The third kappa shape index (κ3) is 5.53. The van der Waals surface area contributed by atoms with E-state index in [2.05, 4.69) is 115 Å². The zero-order valence-corrected chi connectivity index (χ0v) is 34.7. The average Bonchev–Trinajstić information content (AvgIpc) is 3.25. The van der Waals surface area contributed by atoms with Crippen LogP contribution < -0.4 is 0 Å². The molecule has 0 bridgehead atoms. The molecule has 0 radical (unpaired) electrons. The Hall–Kier alpha value is -7.23. The second-order valence-corrected chi connectivity index (χ2v) is 16.8. The fourth-order valence-electron chi connectivity index (χ4n) is 10.0. The zero-order chi connectivity index (χ0) is 42.0. The maximum absolute atomic E-state index is 12.6. The first-order chi connectivity index (χ1) is 28.8. The highest BCUT2D eigenvalue weighted by molar-refractivity contribution is 6.42. The molecule has 0 N–H and O–H groups in total. The number of hydrogen-bond donors (Lipinski definition) is 0. The summed E-state index contributed by atoms with van der Waals surface area (Å²) in [6.07, 6.45) is 0. The molecule has 0 fully saturated rings. The van der Waals surface area contributed by atoms with Crippen LogP contribution >= 0.6 is 0 Å². The number of allylic oxidation sites excluding steroid dienone is 3. The highest BCUT2D eigenvalue weighted by Crippen LogP contribution is 2.44. The van der Waals surface area contributed by atoms with E-state index in [0.717, 1.165) is 66.1 Å². The maximum atomic E-state index is 12.6. The van der Waals surface area contributed by atoms with Gasteiger partial charge in [0.25, 0.3) is 0 Å². The van der Waals surface area contributed by atoms with Gasteiger partial charge in [0.2, 0.25) is 0 Å². The molecule has 12 rings (SSSR count). The van der Waals surface area contributed by atoms with E-state index >= 15 is 0 Å². The van der Waals surface area contributed by atoms with Crippen LogP contribution in [0.4, 0.5) is 0 Å². The summed E-state index contributed by atoms with van der Waals surface area (Å²) < 4.78 is 0. The minimum atomic E-state index is 0. The van der Waals surface area contributed by atoms with Gasteiger partial charge in [0.15, 0.2) is 17.3 Å². The Balaban J connectivity index is 0.000000116. The van der Waals surface area contributed by atoms with Gasteiger partial charge in [-0.05, 0) is 146 Å². The third-order valence-electron chi connectivity index (χ3n) is 13.2. The van der Waals surface area contributed by atoms with Crippen LogP contribution in [0.1, 0.15) is 88.6 Å². The number of carbonyl (C=O) groups is 3. The molecule has 0 heterocycles. The van der Waals surface area contributed by atoms with Crippen LogP contribution in [-0.4, -0.2) is 17.3 Å². The first kappa shape index (κ1) is 39.2. The predicted molar refractivity (Wildman–Crippen MR) is 260 cm³/mol. The lowest BCUT2D eigenvalue weighted by molar-refractivity contribution is 0.105. The fraction of sp³-hybridized carbons (Fsp3) is 0.121. The largest absolute Gasteiger partial charge is 0.289 e. The molecule has 3 aliphatic carbocycles. The first-order valence-electron chi connectivity index (χ1n) is 20.4. The van der Waals surface area contributed by atoms with E-state index in [1.807, 2.05) is 55.5 Å². The minimum Gasteiger partial charge on any atom is -0.289 e. The molecule has 9 aromatic carbocycles. The molecule has 0 atom stereocenters. The second kappa shape index (κ2) is 13.9. The van der Waals surface area contributed by atoms with Crippen molar-refractivity contribution in [1.29, 1.82) is 0 Å². The monoisotopic (exact) mass is 790 g/mol. The van der Waals surface area contributed by atoms with Crippen molar-refractivity contribution in [1.82, 2.24) is 0 Å². The highest BCUT2D eigenvalue weighted by atomic mass is 16.1. The summed E-state index contributed by atoms with van der Waals surface area (Å²) in [5.74, 6) is 0.169. The summed E-state index contributed by atoms with van der Waals surface area (Å²) in [6, 6.07) is 37.1. The Morgan fingerprint density at radius 3 is 1.28 bits per heavy atom. The molecule has 61 heavy (non-hydrogen) atoms. The number of ketones is 3. The summed E-state index contributed by atoms with van der Waals surface area (Å²) in [5, 5.41) is 13.9. The maximum Gasteiger partial charge on any atom is 0.193 e. The first-order valence-corrected chi connectivity index (χ1v) is 20.4. The molecule has 0 aliphatic heterocycles. The quantitative estimate of drug-likeness (QED) is 0.114. The number of Topliss-reactive ketones (excluding diaryl/α,β-unsaturated/α-hetero) is 3. The number of rotatable bonds is 0. The van der Waals surface area contributed by atoms with E-state index < -0.39 is 0 Å². The lowest BCUT2D eigenvalue weighted by Crippen LogP contribution is -2.09. The Morgan fingerprint density at radius 2 is 0.721 bits per heavy atom. The molecule has 3 nitrogen and oxygen atoms in total. The second-order valence-electron chi connectivity index (χ2n) is 16.8. The van der Waals surface area contributed by atoms with Gasteiger partial charge in [-0.15, -0.1) is 0 Å². The van der Waals surface area contributed by atoms with E-state index in [1.165, 1.54) is 65.3 Å². The standard InChI is InChI=1S/3C19H14O.CH4/c1-10-4-6-15-12(3)19(20)16-7-5-11(2)14-9-8-13(10)17(15)18(14)16;1-10-11(2)14-7-5-9-16-18(14)17-13(10)6-4-8-15(17)12(3)19(16)20;1-10-6-13-4-5-14-7-11(2)9-16-18(14)17(13)15(8-10)12(3)19(16)20;/h3*4-9H,3H2,1-2H3;1H4. The number of hydrogen-bond acceptors (Lipinski definition) is 3. The number of aryl methyl sites for hydroxylation is 6. The predicted octanol–water partition coefficient (Wildman–Crippen LogP) is 15.1. The molecule has 296 valence electrons. The van der Waals surface area contributed by atoms with Crippen LogP contribution in [0.15, 0.2) is 129 Å². The molecule has 0 saturated carbocycles. The molecule has 0 aromatic heterocycles. The number of carbonyl (C=O) groups excluding carboxylic acids is 3. The molecule has 3 aliphatic rings. The van der Waals surface area contributed by atoms with Crippen molar-refractivity contribution >= 4 is 98.7 Å². The Kier molecular flexibility index (Phi) is 8.96. The summed E-state index contributed by atoms with van der Waals surface area (Å²) in [4.78, 5) is 37.7. The van der Waals surface area contributed by atoms with Gasteiger partial charge in [0.1, 0.15) is 0 Å². The van der Waals surface area contributed by atoms with Gasteiger partial charge in [-0.25, -0.2) is 0 Å². The molecule has 0 spiro atoms. The average molecular weight is 791 g/mol. The summed E-state index contributed by atoms with van der Waals surface area (Å²) in [5.41, 5.74) is 14.4. The molecule has 0 saturated heterocycles. The molecular formula is C58H46O3. The molecule has 9 aromatic rings. The summed E-state index contributed by atoms with van der Waals surface area (Å²) >= 11 is 0. The zero-order valence-electron chi connectivity index (χ0n) is 34.7. The Morgan fingerprint density at radius 1 is 0.344 bits per heavy atom. The van der Waals surface area contributed by atoms with E-state index in [9.17, 15) is 14.4 Å². The fourth-order valence-corrected chi connectivity index (χ4v) is 10.0. The minimum absolute atomic E-state index is 0. The van der Waals surface area contributed by atoms with Crippen LogP contribution in [0, 0.1) is 41.5 Å². The summed E-state index contributed by atoms with van der Waals surface area (Å²) in [7, 11) is 0. The third-order valence-corrected chi connectivity index (χ3v) is 13.2. The van der Waals surface area contributed by atoms with Crippen molar-refractivity contribution in [2.24, 2.45) is 0 Å². The van der Waals surface area contributed by atoms with E-state index in [4.69, 9.17) is 0 Å². The smallest absolute Gasteiger partial charge is 0.193 e. The van der Waals surface area contributed by atoms with Crippen molar-refractivity contribution in [3.8, 4) is 0 Å². The molecular weight excluding hydrogens is 745 g/mol. The van der Waals surface area contributed by atoms with Gasteiger partial charge < -0.3 is 0 Å². The van der Waals surface area contributed by atoms with Crippen LogP contribution in [0.3, 0.4) is 0 Å². The van der Waals surface area contributed by atoms with Gasteiger partial charge in [0, 0.05) is 49.6 Å². The van der Waals surface area contributed by atoms with E-state index in [-0.39, 0.29) is 24.8 Å². The van der Waals surface area contributed by atoms with Crippen LogP contribution in [-0.2, 0) is 0 Å². The van der Waals surface area contributed by atoms with Crippen LogP contribution in [0.25, 0.3) is 81.4 Å². The van der Waals surface area contributed by atoms with Crippen molar-refractivity contribution in [3.63, 3.8) is 0 Å². The van der Waals surface area contributed by atoms with Crippen molar-refractivity contribution in [3.05, 3.63) is 196 Å². The van der Waals surface area contributed by atoms with Gasteiger partial charge in [-0.2, -0.15) is 0 Å². The SMILES string of the molecule is C.C=C1C(=O)c2cc(C)cc3ccc4cc(C)cc1c4c23.C=C1C(=O)c2ccc(C)c3ccc4c(C)ccc1c4c23.C=C1C(=O)c2cccc3c(C)c(C)c4cccc1c4c23. The Labute approximate surface area is 356 Å². The van der Waals surface area contributed by atoms with Crippen molar-refractivity contribution in [2.75, 3.05) is 0 Å². The van der Waals surface area contributed by atoms with Crippen LogP contribution in [0.2, 0.25) is 0 Å². The van der Waals surface area contributed by atoms with Crippen molar-refractivity contribution in [2.45, 2.75) is 49.0 Å². The lowest BCUT2D eigenvalue weighted by atomic mass is 9.80. The van der Waals surface area contributed by atoms with Gasteiger partial charge in [-0.3, -0.25) is 14.4 Å². The van der Waals surface area contributed by atoms with Gasteiger partial charge >= 0.3 is 0 Å². The van der Waals surface area contributed by atoms with E-state index in [1.54, 1.807) is 0 Å². The lowest BCUT2D eigenvalue weighted by Gasteiger charge is -2.22. The number of benzene rings is 9. The Bertz CT molecular complexity index is 3310. The van der Waals surface area contributed by atoms with Crippen LogP contribution in [0.5, 0.6) is 0 Å². The summed E-state index contributed by atoms with van der Waals surface area (Å²) in [6.45, 7) is 24.6. The molecule has 0 unspecified atom stereocenters. The van der Waals surface area contributed by atoms with Gasteiger partial charge in [0.05, 0.1) is 0 Å². The van der Waals surface area contributed by atoms with E-state index in [0.29, 0.717) is 16.7 Å².